The van der Waals surface area contributed by atoms with Gasteiger partial charge in [-0.05, 0) is 47.7 Å². The molecule has 1 heterocycles. The van der Waals surface area contributed by atoms with Crippen molar-refractivity contribution in [2.45, 2.75) is 45.6 Å². The predicted molar refractivity (Wildman–Crippen MR) is 116 cm³/mol. The lowest BCUT2D eigenvalue weighted by Gasteiger charge is -2.21. The Morgan fingerprint density at radius 3 is 2.33 bits per heavy atom. The molecule has 0 saturated carbocycles. The first kappa shape index (κ1) is 21.7. The number of hydrogen-bond acceptors (Lipinski definition) is 4. The third-order valence-corrected chi connectivity index (χ3v) is 5.09. The van der Waals surface area contributed by atoms with Crippen LogP contribution in [0.5, 0.6) is 11.5 Å². The van der Waals surface area contributed by atoms with E-state index in [4.69, 9.17) is 9.47 Å². The minimum absolute atomic E-state index is 0.0426. The first-order valence-electron chi connectivity index (χ1n) is 10.3. The highest BCUT2D eigenvalue weighted by Gasteiger charge is 2.17. The predicted octanol–water partition coefficient (Wildman–Crippen LogP) is 3.75. The second-order valence-electron chi connectivity index (χ2n) is 8.53. The molecule has 0 radical (unpaired) electrons. The maximum Gasteiger partial charge on any atom is 0.251 e. The van der Waals surface area contributed by atoms with Gasteiger partial charge in [-0.25, -0.2) is 0 Å². The van der Waals surface area contributed by atoms with E-state index in [9.17, 15) is 9.59 Å². The molecule has 0 fully saturated rings. The zero-order valence-corrected chi connectivity index (χ0v) is 18.1. The van der Waals surface area contributed by atoms with E-state index in [1.807, 2.05) is 49.4 Å². The van der Waals surface area contributed by atoms with E-state index in [0.29, 0.717) is 24.5 Å². The molecule has 2 amide bonds. The Morgan fingerprint density at radius 2 is 1.67 bits per heavy atom. The van der Waals surface area contributed by atoms with Crippen molar-refractivity contribution in [3.63, 3.8) is 0 Å². The molecular formula is C24H30N2O4. The Hall–Kier alpha value is -3.02. The molecule has 0 saturated heterocycles. The standard InChI is InChI=1S/C24H30N2O4/c1-16(18-7-10-20-21(15-18)30-14-13-29-20)26-22(27)11-12-25-23(28)17-5-8-19(9-6-17)24(2,3)4/h5-10,15-16H,11-14H2,1-4H3,(H,25,28)(H,26,27). The Balaban J connectivity index is 1.46. The fourth-order valence-corrected chi connectivity index (χ4v) is 3.24. The van der Waals surface area contributed by atoms with Gasteiger partial charge < -0.3 is 20.1 Å². The van der Waals surface area contributed by atoms with Gasteiger partial charge in [0.05, 0.1) is 6.04 Å². The number of benzene rings is 2. The molecule has 6 nitrogen and oxygen atoms in total. The van der Waals surface area contributed by atoms with Gasteiger partial charge in [0.25, 0.3) is 5.91 Å². The van der Waals surface area contributed by atoms with Crippen LogP contribution in [0.25, 0.3) is 0 Å². The van der Waals surface area contributed by atoms with Crippen molar-refractivity contribution in [3.05, 3.63) is 59.2 Å². The number of ether oxygens (including phenoxy) is 2. The Labute approximate surface area is 178 Å². The molecule has 0 aliphatic carbocycles. The molecule has 2 N–H and O–H groups in total. The van der Waals surface area contributed by atoms with E-state index in [-0.39, 0.29) is 36.2 Å². The third-order valence-electron chi connectivity index (χ3n) is 5.09. The van der Waals surface area contributed by atoms with Crippen molar-refractivity contribution in [3.8, 4) is 11.5 Å². The molecule has 6 heteroatoms. The van der Waals surface area contributed by atoms with Crippen LogP contribution in [0.2, 0.25) is 0 Å². The number of nitrogens with one attached hydrogen (secondary N) is 2. The summed E-state index contributed by atoms with van der Waals surface area (Å²) < 4.78 is 11.1. The van der Waals surface area contributed by atoms with Gasteiger partial charge >= 0.3 is 0 Å². The lowest BCUT2D eigenvalue weighted by Crippen LogP contribution is -2.32. The maximum absolute atomic E-state index is 12.3. The monoisotopic (exact) mass is 410 g/mol. The van der Waals surface area contributed by atoms with E-state index in [0.717, 1.165) is 11.3 Å². The zero-order chi connectivity index (χ0) is 21.7. The summed E-state index contributed by atoms with van der Waals surface area (Å²) in [6.07, 6.45) is 0.209. The van der Waals surface area contributed by atoms with Crippen LogP contribution in [0.3, 0.4) is 0 Å². The Morgan fingerprint density at radius 1 is 1.00 bits per heavy atom. The number of rotatable bonds is 6. The number of carbonyl (C=O) groups is 2. The van der Waals surface area contributed by atoms with Gasteiger partial charge in [0.2, 0.25) is 5.91 Å². The van der Waals surface area contributed by atoms with Crippen LogP contribution in [0.1, 0.15) is 61.6 Å². The Kier molecular flexibility index (Phi) is 6.65. The molecule has 1 atom stereocenters. The first-order valence-corrected chi connectivity index (χ1v) is 10.3. The summed E-state index contributed by atoms with van der Waals surface area (Å²) >= 11 is 0. The molecule has 2 aromatic rings. The van der Waals surface area contributed by atoms with Gasteiger partial charge in [-0.2, -0.15) is 0 Å². The average molecular weight is 411 g/mol. The highest BCUT2D eigenvalue weighted by Crippen LogP contribution is 2.32. The van der Waals surface area contributed by atoms with Crippen LogP contribution in [-0.4, -0.2) is 31.6 Å². The SMILES string of the molecule is CC(NC(=O)CCNC(=O)c1ccc(C(C)(C)C)cc1)c1ccc2c(c1)OCCO2. The van der Waals surface area contributed by atoms with Crippen LogP contribution in [0.4, 0.5) is 0 Å². The molecule has 0 aromatic heterocycles. The Bertz CT molecular complexity index is 900. The second-order valence-corrected chi connectivity index (χ2v) is 8.53. The summed E-state index contributed by atoms with van der Waals surface area (Å²) in [7, 11) is 0. The maximum atomic E-state index is 12.3. The van der Waals surface area contributed by atoms with Gasteiger partial charge in [-0.1, -0.05) is 39.0 Å². The molecule has 1 aliphatic rings. The summed E-state index contributed by atoms with van der Waals surface area (Å²) in [5, 5.41) is 5.76. The van der Waals surface area contributed by atoms with Crippen LogP contribution in [-0.2, 0) is 10.2 Å². The van der Waals surface area contributed by atoms with Crippen LogP contribution >= 0.6 is 0 Å². The number of fused-ring (bicyclic) bond motifs is 1. The minimum atomic E-state index is -0.178. The molecule has 1 unspecified atom stereocenters. The zero-order valence-electron chi connectivity index (χ0n) is 18.1. The molecule has 0 bridgehead atoms. The topological polar surface area (TPSA) is 76.7 Å². The van der Waals surface area contributed by atoms with Crippen molar-refractivity contribution in [2.24, 2.45) is 0 Å². The van der Waals surface area contributed by atoms with Crippen LogP contribution in [0, 0.1) is 0 Å². The van der Waals surface area contributed by atoms with E-state index in [1.54, 1.807) is 0 Å². The largest absolute Gasteiger partial charge is 0.486 e. The normalized spacial score (nSPS) is 14.0. The summed E-state index contributed by atoms with van der Waals surface area (Å²) in [4.78, 5) is 24.6. The van der Waals surface area contributed by atoms with Gasteiger partial charge in [0, 0.05) is 18.5 Å². The van der Waals surface area contributed by atoms with Gasteiger partial charge in [-0.15, -0.1) is 0 Å². The highest BCUT2D eigenvalue weighted by molar-refractivity contribution is 5.94. The van der Waals surface area contributed by atoms with E-state index >= 15 is 0 Å². The molecular weight excluding hydrogens is 380 g/mol. The van der Waals surface area contributed by atoms with Crippen molar-refractivity contribution >= 4 is 11.8 Å². The lowest BCUT2D eigenvalue weighted by molar-refractivity contribution is -0.121. The van der Waals surface area contributed by atoms with Crippen molar-refractivity contribution in [2.75, 3.05) is 19.8 Å². The third kappa shape index (κ3) is 5.53. The first-order chi connectivity index (χ1) is 14.2. The van der Waals surface area contributed by atoms with E-state index < -0.39 is 0 Å². The highest BCUT2D eigenvalue weighted by atomic mass is 16.6. The quantitative estimate of drug-likeness (QED) is 0.760. The molecule has 160 valence electrons. The van der Waals surface area contributed by atoms with Crippen LogP contribution in [0.15, 0.2) is 42.5 Å². The fourth-order valence-electron chi connectivity index (χ4n) is 3.24. The minimum Gasteiger partial charge on any atom is -0.486 e. The molecule has 0 spiro atoms. The summed E-state index contributed by atoms with van der Waals surface area (Å²) in [5.74, 6) is 1.12. The molecule has 2 aromatic carbocycles. The second kappa shape index (κ2) is 9.20. The number of carbonyl (C=O) groups excluding carboxylic acids is 2. The van der Waals surface area contributed by atoms with Gasteiger partial charge in [0.15, 0.2) is 11.5 Å². The molecule has 3 rings (SSSR count). The summed E-state index contributed by atoms with van der Waals surface area (Å²) in [6, 6.07) is 13.1. The van der Waals surface area contributed by atoms with Crippen molar-refractivity contribution in [1.29, 1.82) is 0 Å². The van der Waals surface area contributed by atoms with Crippen LogP contribution < -0.4 is 20.1 Å². The van der Waals surface area contributed by atoms with Crippen molar-refractivity contribution in [1.82, 2.24) is 10.6 Å². The van der Waals surface area contributed by atoms with E-state index in [2.05, 4.69) is 31.4 Å². The average Bonchev–Trinajstić information content (AvgIpc) is 2.72. The number of hydrogen-bond donors (Lipinski definition) is 2. The van der Waals surface area contributed by atoms with Crippen molar-refractivity contribution < 1.29 is 19.1 Å². The smallest absolute Gasteiger partial charge is 0.251 e. The summed E-state index contributed by atoms with van der Waals surface area (Å²) in [6.45, 7) is 9.66. The lowest BCUT2D eigenvalue weighted by atomic mass is 9.87. The molecule has 30 heavy (non-hydrogen) atoms. The molecule has 1 aliphatic heterocycles. The van der Waals surface area contributed by atoms with Gasteiger partial charge in [0.1, 0.15) is 13.2 Å². The van der Waals surface area contributed by atoms with E-state index in [1.165, 1.54) is 5.56 Å². The summed E-state index contributed by atoms with van der Waals surface area (Å²) in [5.41, 5.74) is 2.75. The number of amides is 2. The van der Waals surface area contributed by atoms with Gasteiger partial charge in [-0.3, -0.25) is 9.59 Å². The fraction of sp³-hybridized carbons (Fsp3) is 0.417.